The van der Waals surface area contributed by atoms with E-state index in [-0.39, 0.29) is 5.82 Å². The van der Waals surface area contributed by atoms with Crippen molar-refractivity contribution < 1.29 is 4.39 Å². The number of H-pyrrole nitrogens is 1. The minimum absolute atomic E-state index is 0.276. The number of hydrogen-bond donors (Lipinski definition) is 2. The van der Waals surface area contributed by atoms with E-state index in [9.17, 15) is 4.39 Å². The van der Waals surface area contributed by atoms with Crippen molar-refractivity contribution in [3.63, 3.8) is 0 Å². The van der Waals surface area contributed by atoms with Crippen molar-refractivity contribution in [2.24, 2.45) is 0 Å². The van der Waals surface area contributed by atoms with Crippen molar-refractivity contribution in [2.45, 2.75) is 0 Å². The van der Waals surface area contributed by atoms with E-state index in [2.05, 4.69) is 33.5 Å². The highest BCUT2D eigenvalue weighted by Gasteiger charge is 2.05. The van der Waals surface area contributed by atoms with Gasteiger partial charge in [-0.1, -0.05) is 36.4 Å². The summed E-state index contributed by atoms with van der Waals surface area (Å²) in [6.07, 6.45) is 1.81. The van der Waals surface area contributed by atoms with Gasteiger partial charge in [0.15, 0.2) is 0 Å². The molecule has 0 saturated heterocycles. The predicted octanol–water partition coefficient (Wildman–Crippen LogP) is 5.11. The zero-order valence-electron chi connectivity index (χ0n) is 12.3. The molecule has 2 heterocycles. The van der Waals surface area contributed by atoms with E-state index in [1.54, 1.807) is 18.3 Å². The monoisotopic (exact) mass is 303 g/mol. The maximum absolute atomic E-state index is 13.2. The van der Waals surface area contributed by atoms with Crippen LogP contribution in [0.15, 0.2) is 72.9 Å². The molecule has 0 radical (unpaired) electrons. The number of nitrogens with one attached hydrogen (secondary N) is 2. The molecule has 112 valence electrons. The second kappa shape index (κ2) is 5.57. The van der Waals surface area contributed by atoms with Gasteiger partial charge >= 0.3 is 0 Å². The molecule has 0 fully saturated rings. The van der Waals surface area contributed by atoms with Crippen LogP contribution in [0.25, 0.3) is 22.2 Å². The lowest BCUT2D eigenvalue weighted by molar-refractivity contribution is 0.628. The van der Waals surface area contributed by atoms with Crippen molar-refractivity contribution >= 4 is 22.4 Å². The molecule has 4 aromatic rings. The topological polar surface area (TPSA) is 40.7 Å². The van der Waals surface area contributed by atoms with Gasteiger partial charge in [-0.25, -0.2) is 9.37 Å². The Morgan fingerprint density at radius 2 is 1.78 bits per heavy atom. The maximum atomic E-state index is 13.2. The third kappa shape index (κ3) is 2.79. The van der Waals surface area contributed by atoms with Crippen molar-refractivity contribution in [3.05, 3.63) is 78.7 Å². The van der Waals surface area contributed by atoms with Crippen LogP contribution in [0, 0.1) is 5.82 Å². The molecule has 4 rings (SSSR count). The SMILES string of the molecule is Fc1cccc(Nc2cc3[nH]c(-c4ccccc4)cc3cn2)c1. The number of anilines is 2. The van der Waals surface area contributed by atoms with Gasteiger partial charge in [-0.05, 0) is 29.8 Å². The first-order valence-corrected chi connectivity index (χ1v) is 7.35. The fraction of sp³-hybridized carbons (Fsp3) is 0. The van der Waals surface area contributed by atoms with Crippen LogP contribution in [0.4, 0.5) is 15.9 Å². The van der Waals surface area contributed by atoms with Crippen molar-refractivity contribution in [1.82, 2.24) is 9.97 Å². The van der Waals surface area contributed by atoms with Gasteiger partial charge in [-0.15, -0.1) is 0 Å². The number of benzene rings is 2. The van der Waals surface area contributed by atoms with E-state index in [1.165, 1.54) is 12.1 Å². The van der Waals surface area contributed by atoms with Crippen LogP contribution in [-0.2, 0) is 0 Å². The second-order valence-electron chi connectivity index (χ2n) is 5.34. The summed E-state index contributed by atoms with van der Waals surface area (Å²) in [5.74, 6) is 0.395. The number of pyridine rings is 1. The first kappa shape index (κ1) is 13.5. The summed E-state index contributed by atoms with van der Waals surface area (Å²) in [6, 6.07) is 20.5. The Morgan fingerprint density at radius 3 is 2.61 bits per heavy atom. The summed E-state index contributed by atoms with van der Waals surface area (Å²) in [4.78, 5) is 7.78. The van der Waals surface area contributed by atoms with Crippen LogP contribution in [0.3, 0.4) is 0 Å². The fourth-order valence-electron chi connectivity index (χ4n) is 2.58. The van der Waals surface area contributed by atoms with E-state index in [0.717, 1.165) is 22.2 Å². The summed E-state index contributed by atoms with van der Waals surface area (Å²) in [5.41, 5.74) is 3.83. The summed E-state index contributed by atoms with van der Waals surface area (Å²) in [7, 11) is 0. The second-order valence-corrected chi connectivity index (χ2v) is 5.34. The number of nitrogens with zero attached hydrogens (tertiary/aromatic N) is 1. The average Bonchev–Trinajstić information content (AvgIpc) is 2.99. The average molecular weight is 303 g/mol. The molecule has 3 nitrogen and oxygen atoms in total. The largest absolute Gasteiger partial charge is 0.354 e. The minimum Gasteiger partial charge on any atom is -0.354 e. The standard InChI is InChI=1S/C19H14FN3/c20-15-7-4-8-16(10-15)22-19-11-18-14(12-21-19)9-17(23-18)13-5-2-1-3-6-13/h1-12,23H,(H,21,22). The van der Waals surface area contributed by atoms with Crippen molar-refractivity contribution in [3.8, 4) is 11.3 Å². The third-order valence-electron chi connectivity index (χ3n) is 3.69. The molecular weight excluding hydrogens is 289 g/mol. The Bertz CT molecular complexity index is 961. The van der Waals surface area contributed by atoms with Gasteiger partial charge in [-0.2, -0.15) is 0 Å². The highest BCUT2D eigenvalue weighted by molar-refractivity contribution is 5.87. The molecule has 0 amide bonds. The molecule has 0 aliphatic rings. The Kier molecular flexibility index (Phi) is 3.27. The van der Waals surface area contributed by atoms with Gasteiger partial charge in [0, 0.05) is 29.0 Å². The van der Waals surface area contributed by atoms with Gasteiger partial charge in [0.1, 0.15) is 11.6 Å². The summed E-state index contributed by atoms with van der Waals surface area (Å²) in [6.45, 7) is 0. The van der Waals surface area contributed by atoms with Crippen molar-refractivity contribution in [2.75, 3.05) is 5.32 Å². The van der Waals surface area contributed by atoms with Crippen LogP contribution < -0.4 is 5.32 Å². The lowest BCUT2D eigenvalue weighted by Crippen LogP contribution is -1.93. The number of hydrogen-bond acceptors (Lipinski definition) is 2. The van der Waals surface area contributed by atoms with E-state index in [0.29, 0.717) is 11.5 Å². The van der Waals surface area contributed by atoms with Crippen LogP contribution in [0.5, 0.6) is 0 Å². The predicted molar refractivity (Wildman–Crippen MR) is 91.2 cm³/mol. The Balaban J connectivity index is 1.68. The zero-order valence-corrected chi connectivity index (χ0v) is 12.3. The number of aromatic amines is 1. The van der Waals surface area contributed by atoms with E-state index in [4.69, 9.17) is 0 Å². The first-order chi connectivity index (χ1) is 11.3. The lowest BCUT2D eigenvalue weighted by Gasteiger charge is -2.05. The van der Waals surface area contributed by atoms with Gasteiger partial charge in [0.05, 0.1) is 5.52 Å². The lowest BCUT2D eigenvalue weighted by atomic mass is 10.1. The molecule has 0 spiro atoms. The van der Waals surface area contributed by atoms with Gasteiger partial charge in [0.2, 0.25) is 0 Å². The van der Waals surface area contributed by atoms with Crippen molar-refractivity contribution in [1.29, 1.82) is 0 Å². The smallest absolute Gasteiger partial charge is 0.132 e. The molecule has 2 N–H and O–H groups in total. The van der Waals surface area contributed by atoms with Crippen LogP contribution in [-0.4, -0.2) is 9.97 Å². The number of fused-ring (bicyclic) bond motifs is 1. The molecule has 2 aromatic heterocycles. The van der Waals surface area contributed by atoms with Crippen LogP contribution in [0.2, 0.25) is 0 Å². The quantitative estimate of drug-likeness (QED) is 0.552. The Labute approximate surface area is 132 Å². The number of rotatable bonds is 3. The zero-order chi connectivity index (χ0) is 15.6. The van der Waals surface area contributed by atoms with E-state index < -0.39 is 0 Å². The Hall–Kier alpha value is -3.14. The van der Waals surface area contributed by atoms with Gasteiger partial charge in [0.25, 0.3) is 0 Å². The fourth-order valence-corrected chi connectivity index (χ4v) is 2.58. The third-order valence-corrected chi connectivity index (χ3v) is 3.69. The molecule has 0 saturated carbocycles. The molecule has 4 heteroatoms. The van der Waals surface area contributed by atoms with Crippen LogP contribution in [0.1, 0.15) is 0 Å². The van der Waals surface area contributed by atoms with Crippen LogP contribution >= 0.6 is 0 Å². The minimum atomic E-state index is -0.276. The molecule has 0 aliphatic heterocycles. The van der Waals surface area contributed by atoms with E-state index in [1.807, 2.05) is 24.3 Å². The highest BCUT2D eigenvalue weighted by atomic mass is 19.1. The molecule has 0 aliphatic carbocycles. The molecule has 0 atom stereocenters. The number of halogens is 1. The highest BCUT2D eigenvalue weighted by Crippen LogP contribution is 2.25. The summed E-state index contributed by atoms with van der Waals surface area (Å²) < 4.78 is 13.2. The van der Waals surface area contributed by atoms with Gasteiger partial charge < -0.3 is 10.3 Å². The molecule has 0 bridgehead atoms. The van der Waals surface area contributed by atoms with E-state index >= 15 is 0 Å². The maximum Gasteiger partial charge on any atom is 0.132 e. The summed E-state index contributed by atoms with van der Waals surface area (Å²) >= 11 is 0. The normalized spacial score (nSPS) is 10.8. The van der Waals surface area contributed by atoms with Gasteiger partial charge in [-0.3, -0.25) is 0 Å². The Morgan fingerprint density at radius 1 is 0.913 bits per heavy atom. The molecule has 0 unspecified atom stereocenters. The molecule has 23 heavy (non-hydrogen) atoms. The molecule has 2 aromatic carbocycles. The number of aromatic nitrogens is 2. The summed E-state index contributed by atoms with van der Waals surface area (Å²) in [5, 5.41) is 4.15. The molecular formula is C19H14FN3. The first-order valence-electron chi connectivity index (χ1n) is 7.35.